The molecular formula is C26H45N3O4. The third-order valence-electron chi connectivity index (χ3n) is 6.81. The number of hydrogen-bond acceptors (Lipinski definition) is 4. The minimum Gasteiger partial charge on any atom is -0.394 e. The molecule has 2 rings (SSSR count). The largest absolute Gasteiger partial charge is 0.394 e. The van der Waals surface area contributed by atoms with Crippen molar-refractivity contribution in [3.8, 4) is 0 Å². The molecule has 0 saturated carbocycles. The first-order valence-electron chi connectivity index (χ1n) is 12.3. The van der Waals surface area contributed by atoms with Gasteiger partial charge >= 0.3 is 0 Å². The zero-order chi connectivity index (χ0) is 25.3. The van der Waals surface area contributed by atoms with Crippen molar-refractivity contribution in [1.82, 2.24) is 15.5 Å². The Balaban J connectivity index is 2.50. The number of amides is 3. The maximum Gasteiger partial charge on any atom is 0.243 e. The fourth-order valence-electron chi connectivity index (χ4n) is 6.10. The summed E-state index contributed by atoms with van der Waals surface area (Å²) in [5.74, 6) is -2.07. The van der Waals surface area contributed by atoms with Crippen molar-refractivity contribution in [1.29, 1.82) is 0 Å². The summed E-state index contributed by atoms with van der Waals surface area (Å²) in [7, 11) is 1.58. The van der Waals surface area contributed by atoms with E-state index in [0.717, 1.165) is 6.42 Å². The summed E-state index contributed by atoms with van der Waals surface area (Å²) in [6.45, 7) is 16.2. The molecule has 0 aromatic carbocycles. The van der Waals surface area contributed by atoms with E-state index >= 15 is 0 Å². The fraction of sp³-hybridized carbons (Fsp3) is 0.808. The molecule has 3 amide bonds. The fourth-order valence-corrected chi connectivity index (χ4v) is 6.10. The van der Waals surface area contributed by atoms with Gasteiger partial charge in [0.15, 0.2) is 0 Å². The molecule has 1 heterocycles. The Hall–Kier alpha value is -1.89. The molecule has 0 aromatic rings. The van der Waals surface area contributed by atoms with Gasteiger partial charge < -0.3 is 20.6 Å². The van der Waals surface area contributed by atoms with Crippen molar-refractivity contribution in [2.24, 2.45) is 35.0 Å². The lowest BCUT2D eigenvalue weighted by atomic mass is 9.70. The molecule has 33 heavy (non-hydrogen) atoms. The lowest BCUT2D eigenvalue weighted by Gasteiger charge is -2.38. The zero-order valence-electron chi connectivity index (χ0n) is 21.9. The van der Waals surface area contributed by atoms with E-state index in [2.05, 4.69) is 31.4 Å². The van der Waals surface area contributed by atoms with E-state index in [4.69, 9.17) is 0 Å². The van der Waals surface area contributed by atoms with Crippen LogP contribution in [0, 0.1) is 35.0 Å². The molecule has 7 nitrogen and oxygen atoms in total. The maximum absolute atomic E-state index is 13.8. The molecule has 1 aliphatic carbocycles. The Morgan fingerprint density at radius 3 is 2.21 bits per heavy atom. The molecule has 7 heteroatoms. The molecule has 1 fully saturated rings. The summed E-state index contributed by atoms with van der Waals surface area (Å²) in [5, 5.41) is 16.1. The highest BCUT2D eigenvalue weighted by Crippen LogP contribution is 2.45. The van der Waals surface area contributed by atoms with Crippen LogP contribution in [0.4, 0.5) is 0 Å². The van der Waals surface area contributed by atoms with Crippen LogP contribution in [0.2, 0.25) is 0 Å². The highest BCUT2D eigenvalue weighted by atomic mass is 16.3. The SMILES string of the molecule is CNC(=O)[C@H]1[C@H]2C(=O)N([C@@H](CO)CC(C)C)[C@H](C(=O)NC(C)(C)CC(C)(C)C)[C@H]2C=C[C@H]1C. The number of aliphatic hydroxyl groups excluding tert-OH is 1. The standard InChI is InChI=1S/C26H45N3O4/c1-15(2)12-17(13-30)29-21(23(32)28-26(7,8)14-25(4,5)6)18-11-10-16(3)19(22(31)27-9)20(18)24(29)33/h10-11,15-21,30H,12-14H2,1-9H3,(H,27,31)(H,28,32)/t16-,17-,18+,19-,20+,21+/m1/s1. The molecule has 0 bridgehead atoms. The van der Waals surface area contributed by atoms with Crippen molar-refractivity contribution in [3.05, 3.63) is 12.2 Å². The summed E-state index contributed by atoms with van der Waals surface area (Å²) in [6.07, 6.45) is 5.25. The van der Waals surface area contributed by atoms with Crippen molar-refractivity contribution < 1.29 is 19.5 Å². The number of allylic oxidation sites excluding steroid dienone is 1. The maximum atomic E-state index is 13.8. The molecule has 3 N–H and O–H groups in total. The Bertz CT molecular complexity index is 768. The van der Waals surface area contributed by atoms with Gasteiger partial charge in [0.2, 0.25) is 17.7 Å². The molecule has 2 aliphatic rings. The number of nitrogens with zero attached hydrogens (tertiary/aromatic N) is 1. The first-order valence-corrected chi connectivity index (χ1v) is 12.3. The first kappa shape index (κ1) is 27.4. The van der Waals surface area contributed by atoms with Crippen LogP contribution in [-0.4, -0.2) is 59.0 Å². The van der Waals surface area contributed by atoms with Crippen LogP contribution >= 0.6 is 0 Å². The predicted octanol–water partition coefficient (Wildman–Crippen LogP) is 2.74. The Kier molecular flexibility index (Phi) is 8.42. The minimum atomic E-state index is -0.756. The van der Waals surface area contributed by atoms with Gasteiger partial charge in [-0.3, -0.25) is 14.4 Å². The number of carbonyl (C=O) groups is 3. The average Bonchev–Trinajstić information content (AvgIpc) is 2.95. The zero-order valence-corrected chi connectivity index (χ0v) is 21.9. The van der Waals surface area contributed by atoms with E-state index < -0.39 is 35.4 Å². The Morgan fingerprint density at radius 2 is 1.73 bits per heavy atom. The second-order valence-corrected chi connectivity index (χ2v) is 12.3. The van der Waals surface area contributed by atoms with Crippen LogP contribution < -0.4 is 10.6 Å². The number of carbonyl (C=O) groups excluding carboxylic acids is 3. The van der Waals surface area contributed by atoms with E-state index in [9.17, 15) is 19.5 Å². The van der Waals surface area contributed by atoms with Gasteiger partial charge in [-0.1, -0.05) is 53.7 Å². The normalized spacial score (nSPS) is 28.6. The first-order chi connectivity index (χ1) is 15.1. The van der Waals surface area contributed by atoms with E-state index in [1.165, 1.54) is 0 Å². The summed E-state index contributed by atoms with van der Waals surface area (Å²) in [5.41, 5.74) is -0.457. The molecular weight excluding hydrogens is 418 g/mol. The number of rotatable bonds is 8. The molecule has 1 aliphatic heterocycles. The van der Waals surface area contributed by atoms with Crippen LogP contribution in [0.25, 0.3) is 0 Å². The van der Waals surface area contributed by atoms with Crippen LogP contribution in [-0.2, 0) is 14.4 Å². The molecule has 6 atom stereocenters. The average molecular weight is 464 g/mol. The van der Waals surface area contributed by atoms with Crippen molar-refractivity contribution >= 4 is 17.7 Å². The van der Waals surface area contributed by atoms with Gasteiger partial charge in [0, 0.05) is 18.5 Å². The van der Waals surface area contributed by atoms with Crippen LogP contribution in [0.15, 0.2) is 12.2 Å². The molecule has 1 saturated heterocycles. The van der Waals surface area contributed by atoms with Crippen LogP contribution in [0.3, 0.4) is 0 Å². The van der Waals surface area contributed by atoms with Gasteiger partial charge in [-0.2, -0.15) is 0 Å². The predicted molar refractivity (Wildman–Crippen MR) is 130 cm³/mol. The van der Waals surface area contributed by atoms with E-state index in [1.54, 1.807) is 11.9 Å². The lowest BCUT2D eigenvalue weighted by molar-refractivity contribution is -0.144. The van der Waals surface area contributed by atoms with E-state index in [0.29, 0.717) is 6.42 Å². The number of fused-ring (bicyclic) bond motifs is 1. The summed E-state index contributed by atoms with van der Waals surface area (Å²) < 4.78 is 0. The van der Waals surface area contributed by atoms with Crippen molar-refractivity contribution in [2.75, 3.05) is 13.7 Å². The van der Waals surface area contributed by atoms with Crippen LogP contribution in [0.1, 0.15) is 68.2 Å². The monoisotopic (exact) mass is 463 g/mol. The quantitative estimate of drug-likeness (QED) is 0.482. The summed E-state index contributed by atoms with van der Waals surface area (Å²) >= 11 is 0. The number of aliphatic hydroxyl groups is 1. The topological polar surface area (TPSA) is 98.7 Å². The highest BCUT2D eigenvalue weighted by molar-refractivity contribution is 5.97. The number of nitrogens with one attached hydrogen (secondary N) is 2. The highest BCUT2D eigenvalue weighted by Gasteiger charge is 2.58. The Morgan fingerprint density at radius 1 is 1.12 bits per heavy atom. The second kappa shape index (κ2) is 10.2. The lowest BCUT2D eigenvalue weighted by Crippen LogP contribution is -2.57. The number of hydrogen-bond donors (Lipinski definition) is 3. The van der Waals surface area contributed by atoms with Gasteiger partial charge in [0.25, 0.3) is 0 Å². The minimum absolute atomic E-state index is 0.0141. The molecule has 188 valence electrons. The van der Waals surface area contributed by atoms with Gasteiger partial charge in [-0.05, 0) is 43.9 Å². The molecule has 0 radical (unpaired) electrons. The summed E-state index contributed by atoms with van der Waals surface area (Å²) in [6, 6.07) is -1.23. The summed E-state index contributed by atoms with van der Waals surface area (Å²) in [4.78, 5) is 42.0. The third kappa shape index (κ3) is 6.17. The van der Waals surface area contributed by atoms with Gasteiger partial charge in [0.1, 0.15) is 6.04 Å². The smallest absolute Gasteiger partial charge is 0.243 e. The molecule has 0 aromatic heterocycles. The van der Waals surface area contributed by atoms with Gasteiger partial charge in [0.05, 0.1) is 24.5 Å². The van der Waals surface area contributed by atoms with Crippen LogP contribution in [0.5, 0.6) is 0 Å². The third-order valence-corrected chi connectivity index (χ3v) is 6.81. The second-order valence-electron chi connectivity index (χ2n) is 12.3. The van der Waals surface area contributed by atoms with Gasteiger partial charge in [-0.25, -0.2) is 0 Å². The van der Waals surface area contributed by atoms with E-state index in [1.807, 2.05) is 46.8 Å². The molecule has 0 unspecified atom stereocenters. The number of likely N-dealkylation sites (tertiary alicyclic amines) is 1. The molecule has 0 spiro atoms. The van der Waals surface area contributed by atoms with E-state index in [-0.39, 0.29) is 41.6 Å². The van der Waals surface area contributed by atoms with Crippen molar-refractivity contribution in [2.45, 2.75) is 85.9 Å². The van der Waals surface area contributed by atoms with Crippen molar-refractivity contribution in [3.63, 3.8) is 0 Å². The Labute approximate surface area is 199 Å². The van der Waals surface area contributed by atoms with Gasteiger partial charge in [-0.15, -0.1) is 0 Å².